The lowest BCUT2D eigenvalue weighted by atomic mass is 10.1. The number of hydrogen-bond donors (Lipinski definition) is 0. The Morgan fingerprint density at radius 2 is 2.10 bits per heavy atom. The fraction of sp³-hybridized carbons (Fsp3) is 0.214. The second-order valence-corrected chi connectivity index (χ2v) is 5.33. The number of hydrogen-bond acceptors (Lipinski definition) is 4. The lowest BCUT2D eigenvalue weighted by Gasteiger charge is -2.17. The minimum Gasteiger partial charge on any atom is -0.248 e. The van der Waals surface area contributed by atoms with Crippen LogP contribution in [0, 0.1) is 0 Å². The van der Waals surface area contributed by atoms with E-state index in [0.29, 0.717) is 16.0 Å². The summed E-state index contributed by atoms with van der Waals surface area (Å²) < 4.78 is 0. The fourth-order valence-corrected chi connectivity index (χ4v) is 2.47. The summed E-state index contributed by atoms with van der Waals surface area (Å²) in [4.78, 5) is 8.79. The Kier molecular flexibility index (Phi) is 3.59. The molecule has 1 aromatic rings. The minimum atomic E-state index is 0.611. The first kappa shape index (κ1) is 13.3. The summed E-state index contributed by atoms with van der Waals surface area (Å²) in [5.74, 6) is 0.678. The summed E-state index contributed by atoms with van der Waals surface area (Å²) in [6.45, 7) is 3.48. The lowest BCUT2D eigenvalue weighted by molar-refractivity contribution is 0.483. The molecule has 3 rings (SSSR count). The first-order valence-corrected chi connectivity index (χ1v) is 6.98. The Balaban J connectivity index is 1.87. The maximum Gasteiger partial charge on any atom is 0.242 e. The number of rotatable bonds is 2. The molecule has 0 saturated heterocycles. The minimum absolute atomic E-state index is 0.611. The zero-order valence-corrected chi connectivity index (χ0v) is 12.4. The van der Waals surface area contributed by atoms with Crippen LogP contribution in [0.3, 0.4) is 0 Å². The van der Waals surface area contributed by atoms with Gasteiger partial charge in [0.05, 0.1) is 24.5 Å². The van der Waals surface area contributed by atoms with Gasteiger partial charge in [0.1, 0.15) is 0 Å². The van der Waals surface area contributed by atoms with Crippen LogP contribution in [0.1, 0.15) is 12.5 Å². The van der Waals surface area contributed by atoms with Crippen LogP contribution < -0.4 is 0 Å². The molecule has 0 fully saturated rings. The smallest absolute Gasteiger partial charge is 0.242 e. The first-order valence-electron chi connectivity index (χ1n) is 6.23. The SMILES string of the molecule is CC1=NN2CCN=C2N=C1/C=C/c1ccc(Cl)cc1Cl. The molecule has 0 spiro atoms. The van der Waals surface area contributed by atoms with Crippen LogP contribution in [0.4, 0.5) is 0 Å². The van der Waals surface area contributed by atoms with Gasteiger partial charge in [-0.25, -0.2) is 15.0 Å². The second-order valence-electron chi connectivity index (χ2n) is 4.49. The van der Waals surface area contributed by atoms with E-state index < -0.39 is 0 Å². The Hall–Kier alpha value is -1.65. The van der Waals surface area contributed by atoms with Crippen LogP contribution in [0.15, 0.2) is 39.4 Å². The number of allylic oxidation sites excluding steroid dienone is 1. The van der Waals surface area contributed by atoms with Crippen molar-refractivity contribution in [2.45, 2.75) is 6.92 Å². The van der Waals surface area contributed by atoms with Gasteiger partial charge in [-0.3, -0.25) is 0 Å². The molecule has 2 aliphatic rings. The van der Waals surface area contributed by atoms with E-state index >= 15 is 0 Å². The average Bonchev–Trinajstić information content (AvgIpc) is 2.84. The zero-order valence-electron chi connectivity index (χ0n) is 10.8. The third kappa shape index (κ3) is 2.62. The zero-order chi connectivity index (χ0) is 14.1. The Bertz CT molecular complexity index is 674. The van der Waals surface area contributed by atoms with Gasteiger partial charge in [0.15, 0.2) is 0 Å². The van der Waals surface area contributed by atoms with E-state index in [-0.39, 0.29) is 0 Å². The quantitative estimate of drug-likeness (QED) is 0.824. The fourth-order valence-electron chi connectivity index (χ4n) is 2.00. The van der Waals surface area contributed by atoms with Crippen LogP contribution in [0.25, 0.3) is 6.08 Å². The molecule has 0 bridgehead atoms. The molecule has 0 atom stereocenters. The van der Waals surface area contributed by atoms with Crippen molar-refractivity contribution in [2.24, 2.45) is 15.1 Å². The third-order valence-corrected chi connectivity index (χ3v) is 3.60. The molecule has 4 nitrogen and oxygen atoms in total. The van der Waals surface area contributed by atoms with E-state index in [4.69, 9.17) is 23.2 Å². The summed E-state index contributed by atoms with van der Waals surface area (Å²) in [7, 11) is 0. The number of aliphatic imine (C=N–C) groups is 2. The summed E-state index contributed by atoms with van der Waals surface area (Å²) in [5.41, 5.74) is 2.56. The van der Waals surface area contributed by atoms with Gasteiger partial charge >= 0.3 is 0 Å². The highest BCUT2D eigenvalue weighted by Gasteiger charge is 2.21. The highest BCUT2D eigenvalue weighted by Crippen LogP contribution is 2.22. The molecule has 1 aromatic carbocycles. The van der Waals surface area contributed by atoms with Crippen molar-refractivity contribution in [1.82, 2.24) is 5.01 Å². The van der Waals surface area contributed by atoms with Gasteiger partial charge in [-0.15, -0.1) is 0 Å². The topological polar surface area (TPSA) is 40.3 Å². The highest BCUT2D eigenvalue weighted by molar-refractivity contribution is 6.48. The average molecular weight is 307 g/mol. The first-order chi connectivity index (χ1) is 9.63. The number of hydrazone groups is 1. The molecule has 0 radical (unpaired) electrons. The van der Waals surface area contributed by atoms with E-state index in [1.165, 1.54) is 0 Å². The molecule has 0 amide bonds. The molecular weight excluding hydrogens is 295 g/mol. The molecule has 0 saturated carbocycles. The normalized spacial score (nSPS) is 17.9. The van der Waals surface area contributed by atoms with Crippen molar-refractivity contribution >= 4 is 46.7 Å². The van der Waals surface area contributed by atoms with Crippen LogP contribution in [0.5, 0.6) is 0 Å². The molecule has 2 heterocycles. The van der Waals surface area contributed by atoms with E-state index in [1.807, 2.05) is 30.2 Å². The van der Waals surface area contributed by atoms with Gasteiger partial charge in [-0.2, -0.15) is 5.10 Å². The molecule has 102 valence electrons. The number of guanidine groups is 1. The summed E-state index contributed by atoms with van der Waals surface area (Å²) in [6.07, 6.45) is 3.80. The number of fused-ring (bicyclic) bond motifs is 1. The van der Waals surface area contributed by atoms with Crippen molar-refractivity contribution in [3.8, 4) is 0 Å². The maximum atomic E-state index is 6.13. The van der Waals surface area contributed by atoms with Crippen molar-refractivity contribution in [1.29, 1.82) is 0 Å². The van der Waals surface area contributed by atoms with Gasteiger partial charge in [-0.1, -0.05) is 35.3 Å². The van der Waals surface area contributed by atoms with E-state index in [2.05, 4.69) is 15.1 Å². The van der Waals surface area contributed by atoms with Gasteiger partial charge in [0, 0.05) is 10.0 Å². The molecular formula is C14H12Cl2N4. The predicted octanol–water partition coefficient (Wildman–Crippen LogP) is 3.51. The van der Waals surface area contributed by atoms with Gasteiger partial charge in [-0.05, 0) is 30.7 Å². The van der Waals surface area contributed by atoms with Crippen molar-refractivity contribution < 1.29 is 0 Å². The van der Waals surface area contributed by atoms with Crippen LogP contribution >= 0.6 is 23.2 Å². The highest BCUT2D eigenvalue weighted by atomic mass is 35.5. The summed E-state index contributed by atoms with van der Waals surface area (Å²) in [6, 6.07) is 5.39. The Labute approximate surface area is 127 Å². The molecule has 0 N–H and O–H groups in total. The Morgan fingerprint density at radius 1 is 1.25 bits per heavy atom. The molecule has 2 aliphatic heterocycles. The van der Waals surface area contributed by atoms with Gasteiger partial charge in [0.25, 0.3) is 0 Å². The predicted molar refractivity (Wildman–Crippen MR) is 85.0 cm³/mol. The number of nitrogens with zero attached hydrogens (tertiary/aromatic N) is 4. The molecule has 6 heteroatoms. The van der Waals surface area contributed by atoms with E-state index in [0.717, 1.165) is 30.1 Å². The van der Waals surface area contributed by atoms with Gasteiger partial charge in [0.2, 0.25) is 5.96 Å². The maximum absolute atomic E-state index is 6.13. The number of halogens is 2. The standard InChI is InChI=1S/C14H12Cl2N4/c1-9-13(18-14-17-6-7-20(14)19-9)5-3-10-2-4-11(15)8-12(10)16/h2-5,8H,6-7H2,1H3/b5-3+. The molecule has 0 aromatic heterocycles. The van der Waals surface area contributed by atoms with Crippen molar-refractivity contribution in [3.63, 3.8) is 0 Å². The summed E-state index contributed by atoms with van der Waals surface area (Å²) >= 11 is 12.0. The number of benzene rings is 1. The van der Waals surface area contributed by atoms with E-state index in [1.54, 1.807) is 12.1 Å². The lowest BCUT2D eigenvalue weighted by Crippen LogP contribution is -2.29. The van der Waals surface area contributed by atoms with Crippen molar-refractivity contribution in [3.05, 3.63) is 39.9 Å². The summed E-state index contributed by atoms with van der Waals surface area (Å²) in [5, 5.41) is 7.51. The second kappa shape index (κ2) is 5.38. The molecule has 0 unspecified atom stereocenters. The largest absolute Gasteiger partial charge is 0.248 e. The van der Waals surface area contributed by atoms with Crippen LogP contribution in [-0.4, -0.2) is 35.5 Å². The van der Waals surface area contributed by atoms with Gasteiger partial charge < -0.3 is 0 Å². The molecule has 20 heavy (non-hydrogen) atoms. The van der Waals surface area contributed by atoms with Crippen molar-refractivity contribution in [2.75, 3.05) is 13.1 Å². The Morgan fingerprint density at radius 3 is 2.90 bits per heavy atom. The third-order valence-electron chi connectivity index (χ3n) is 3.04. The molecule has 0 aliphatic carbocycles. The van der Waals surface area contributed by atoms with Crippen LogP contribution in [0.2, 0.25) is 10.0 Å². The monoisotopic (exact) mass is 306 g/mol. The van der Waals surface area contributed by atoms with E-state index in [9.17, 15) is 0 Å². The van der Waals surface area contributed by atoms with Crippen LogP contribution in [-0.2, 0) is 0 Å².